The van der Waals surface area contributed by atoms with Crippen LogP contribution in [0.4, 0.5) is 4.79 Å². The summed E-state index contributed by atoms with van der Waals surface area (Å²) < 4.78 is 0. The Morgan fingerprint density at radius 3 is 2.15 bits per heavy atom. The Morgan fingerprint density at radius 2 is 1.77 bits per heavy atom. The highest BCUT2D eigenvalue weighted by atomic mass is 16.2. The van der Waals surface area contributed by atoms with Crippen LogP contribution in [0, 0.1) is 0 Å². The van der Waals surface area contributed by atoms with Crippen LogP contribution in [0.3, 0.4) is 0 Å². The lowest BCUT2D eigenvalue weighted by Gasteiger charge is -2.24. The number of carbonyl (C=O) groups excluding carboxylic acids is 1. The standard InChI is InChI=1S/C8H15N.CH4N2O/c1-2-6-9-7-4-3-5-8-9;2-1(3)4/h2H,1,3-8H2;(H4,2,3,4). The van der Waals surface area contributed by atoms with Gasteiger partial charge in [0.15, 0.2) is 0 Å². The Morgan fingerprint density at radius 1 is 1.31 bits per heavy atom. The van der Waals surface area contributed by atoms with Gasteiger partial charge in [-0.1, -0.05) is 12.5 Å². The topological polar surface area (TPSA) is 72.3 Å². The SMILES string of the molecule is C=CCN1CCCCC1.NC(N)=O. The van der Waals surface area contributed by atoms with E-state index in [4.69, 9.17) is 4.79 Å². The molecule has 0 aromatic rings. The molecule has 13 heavy (non-hydrogen) atoms. The molecule has 0 aliphatic carbocycles. The van der Waals surface area contributed by atoms with Crippen molar-refractivity contribution in [3.63, 3.8) is 0 Å². The van der Waals surface area contributed by atoms with Gasteiger partial charge in [0.2, 0.25) is 0 Å². The average Bonchev–Trinajstić information content (AvgIpc) is 2.06. The third kappa shape index (κ3) is 8.88. The van der Waals surface area contributed by atoms with Crippen LogP contribution in [-0.4, -0.2) is 30.6 Å². The molecule has 76 valence electrons. The summed E-state index contributed by atoms with van der Waals surface area (Å²) in [6, 6.07) is -0.833. The first-order valence-electron chi connectivity index (χ1n) is 4.55. The van der Waals surface area contributed by atoms with Gasteiger partial charge in [-0.05, 0) is 25.9 Å². The second kappa shape index (κ2) is 7.61. The fourth-order valence-electron chi connectivity index (χ4n) is 1.32. The maximum Gasteiger partial charge on any atom is 0.309 e. The van der Waals surface area contributed by atoms with E-state index in [0.29, 0.717) is 0 Å². The number of nitrogens with zero attached hydrogens (tertiary/aromatic N) is 1. The Hall–Kier alpha value is -1.03. The monoisotopic (exact) mass is 185 g/mol. The first-order valence-corrected chi connectivity index (χ1v) is 4.55. The van der Waals surface area contributed by atoms with Crippen molar-refractivity contribution in [2.45, 2.75) is 19.3 Å². The molecule has 1 saturated heterocycles. The molecule has 1 fully saturated rings. The molecule has 1 aliphatic rings. The molecule has 0 radical (unpaired) electrons. The van der Waals surface area contributed by atoms with Crippen LogP contribution >= 0.6 is 0 Å². The number of amides is 2. The molecule has 0 atom stereocenters. The molecule has 0 bridgehead atoms. The largest absolute Gasteiger partial charge is 0.352 e. The molecule has 4 N–H and O–H groups in total. The Labute approximate surface area is 79.6 Å². The zero-order valence-corrected chi connectivity index (χ0v) is 8.04. The summed E-state index contributed by atoms with van der Waals surface area (Å²) >= 11 is 0. The summed E-state index contributed by atoms with van der Waals surface area (Å²) in [5, 5.41) is 0. The van der Waals surface area contributed by atoms with Gasteiger partial charge >= 0.3 is 6.03 Å². The maximum atomic E-state index is 9.00. The van der Waals surface area contributed by atoms with Crippen molar-refractivity contribution in [3.8, 4) is 0 Å². The summed E-state index contributed by atoms with van der Waals surface area (Å²) in [4.78, 5) is 11.5. The number of nitrogens with two attached hydrogens (primary N) is 2. The van der Waals surface area contributed by atoms with E-state index >= 15 is 0 Å². The minimum absolute atomic E-state index is 0.833. The van der Waals surface area contributed by atoms with Gasteiger partial charge in [0.1, 0.15) is 0 Å². The molecular weight excluding hydrogens is 166 g/mol. The third-order valence-corrected chi connectivity index (χ3v) is 1.84. The van der Waals surface area contributed by atoms with Crippen LogP contribution in [0.25, 0.3) is 0 Å². The van der Waals surface area contributed by atoms with Crippen LogP contribution in [-0.2, 0) is 0 Å². The molecule has 1 heterocycles. The third-order valence-electron chi connectivity index (χ3n) is 1.84. The predicted octanol–water partition coefficient (Wildman–Crippen LogP) is 0.682. The number of urea groups is 1. The molecule has 4 nitrogen and oxygen atoms in total. The summed E-state index contributed by atoms with van der Waals surface area (Å²) in [6.07, 6.45) is 6.18. The Balaban J connectivity index is 0.000000310. The lowest BCUT2D eigenvalue weighted by molar-refractivity contribution is 0.251. The fourth-order valence-corrected chi connectivity index (χ4v) is 1.32. The maximum absolute atomic E-state index is 9.00. The number of likely N-dealkylation sites (tertiary alicyclic amines) is 1. The summed E-state index contributed by atoms with van der Waals surface area (Å²) in [6.45, 7) is 7.36. The van der Waals surface area contributed by atoms with Crippen LogP contribution in [0.1, 0.15) is 19.3 Å². The van der Waals surface area contributed by atoms with Gasteiger partial charge in [-0.3, -0.25) is 4.90 Å². The second-order valence-electron chi connectivity index (χ2n) is 3.05. The van der Waals surface area contributed by atoms with Gasteiger partial charge in [-0.2, -0.15) is 0 Å². The van der Waals surface area contributed by atoms with Crippen LogP contribution < -0.4 is 11.5 Å². The molecule has 0 spiro atoms. The van der Waals surface area contributed by atoms with E-state index in [-0.39, 0.29) is 0 Å². The van der Waals surface area contributed by atoms with Gasteiger partial charge in [-0.15, -0.1) is 6.58 Å². The van der Waals surface area contributed by atoms with Crippen LogP contribution in [0.2, 0.25) is 0 Å². The molecule has 1 aliphatic heterocycles. The molecule has 4 heteroatoms. The predicted molar refractivity (Wildman–Crippen MR) is 54.3 cm³/mol. The summed E-state index contributed by atoms with van der Waals surface area (Å²) in [7, 11) is 0. The molecule has 0 saturated carbocycles. The molecule has 0 unspecified atom stereocenters. The molecular formula is C9H19N3O. The first-order chi connectivity index (χ1) is 6.16. The van der Waals surface area contributed by atoms with E-state index in [0.717, 1.165) is 6.54 Å². The average molecular weight is 185 g/mol. The van der Waals surface area contributed by atoms with Gasteiger partial charge < -0.3 is 11.5 Å². The minimum Gasteiger partial charge on any atom is -0.352 e. The van der Waals surface area contributed by atoms with Crippen molar-refractivity contribution in [3.05, 3.63) is 12.7 Å². The zero-order valence-electron chi connectivity index (χ0n) is 8.04. The highest BCUT2D eigenvalue weighted by molar-refractivity contribution is 5.69. The highest BCUT2D eigenvalue weighted by Gasteiger charge is 2.06. The Bertz CT molecular complexity index is 149. The molecule has 2 amide bonds. The molecule has 0 aromatic heterocycles. The van der Waals surface area contributed by atoms with Crippen LogP contribution in [0.15, 0.2) is 12.7 Å². The highest BCUT2D eigenvalue weighted by Crippen LogP contribution is 2.07. The van der Waals surface area contributed by atoms with E-state index in [9.17, 15) is 0 Å². The van der Waals surface area contributed by atoms with E-state index in [2.05, 4.69) is 22.9 Å². The summed E-state index contributed by atoms with van der Waals surface area (Å²) in [5.41, 5.74) is 8.50. The number of piperidine rings is 1. The van der Waals surface area contributed by atoms with E-state index in [1.807, 2.05) is 6.08 Å². The second-order valence-corrected chi connectivity index (χ2v) is 3.05. The van der Waals surface area contributed by atoms with Crippen LogP contribution in [0.5, 0.6) is 0 Å². The first kappa shape index (κ1) is 12.0. The van der Waals surface area contributed by atoms with E-state index in [1.54, 1.807) is 0 Å². The van der Waals surface area contributed by atoms with Crippen molar-refractivity contribution in [2.24, 2.45) is 11.5 Å². The number of rotatable bonds is 2. The summed E-state index contributed by atoms with van der Waals surface area (Å²) in [5.74, 6) is 0. The van der Waals surface area contributed by atoms with Gasteiger partial charge in [0.05, 0.1) is 0 Å². The minimum atomic E-state index is -0.833. The van der Waals surface area contributed by atoms with Crippen molar-refractivity contribution in [1.29, 1.82) is 0 Å². The van der Waals surface area contributed by atoms with Crippen molar-refractivity contribution in [1.82, 2.24) is 4.90 Å². The van der Waals surface area contributed by atoms with Crippen molar-refractivity contribution >= 4 is 6.03 Å². The Kier molecular flexibility index (Phi) is 7.01. The lowest BCUT2D eigenvalue weighted by atomic mass is 10.1. The fraction of sp³-hybridized carbons (Fsp3) is 0.667. The smallest absolute Gasteiger partial charge is 0.309 e. The quantitative estimate of drug-likeness (QED) is 0.621. The number of carbonyl (C=O) groups is 1. The zero-order chi connectivity index (χ0) is 10.1. The number of primary amides is 2. The normalized spacial score (nSPS) is 16.9. The van der Waals surface area contributed by atoms with Gasteiger partial charge in [0.25, 0.3) is 0 Å². The van der Waals surface area contributed by atoms with Gasteiger partial charge in [-0.25, -0.2) is 4.79 Å². The van der Waals surface area contributed by atoms with E-state index in [1.165, 1.54) is 32.4 Å². The number of hydrogen-bond acceptors (Lipinski definition) is 2. The van der Waals surface area contributed by atoms with Crippen molar-refractivity contribution < 1.29 is 4.79 Å². The lowest BCUT2D eigenvalue weighted by Crippen LogP contribution is -2.29. The van der Waals surface area contributed by atoms with Gasteiger partial charge in [0, 0.05) is 6.54 Å². The number of hydrogen-bond donors (Lipinski definition) is 2. The molecule has 0 aromatic carbocycles. The van der Waals surface area contributed by atoms with E-state index < -0.39 is 6.03 Å². The molecule has 1 rings (SSSR count). The van der Waals surface area contributed by atoms with Crippen molar-refractivity contribution in [2.75, 3.05) is 19.6 Å².